The molecule has 0 aliphatic rings. The Morgan fingerprint density at radius 1 is 1.03 bits per heavy atom. The molecular weight excluding hydrogens is 392 g/mol. The van der Waals surface area contributed by atoms with E-state index in [2.05, 4.69) is 20.3 Å². The second-order valence-corrected chi connectivity index (χ2v) is 6.68. The zero-order chi connectivity index (χ0) is 21.3. The van der Waals surface area contributed by atoms with Crippen molar-refractivity contribution in [3.8, 4) is 5.69 Å². The Hall–Kier alpha value is -3.88. The number of fused-ring (bicyclic) bond motifs is 1. The summed E-state index contributed by atoms with van der Waals surface area (Å²) in [4.78, 5) is 36.1. The third kappa shape index (κ3) is 3.82. The van der Waals surface area contributed by atoms with Crippen LogP contribution in [0.3, 0.4) is 0 Å². The van der Waals surface area contributed by atoms with Gasteiger partial charge >= 0.3 is 5.69 Å². The molecule has 0 bridgehead atoms. The molecular formula is C21H17F2N5O2. The van der Waals surface area contributed by atoms with Crippen LogP contribution in [0.5, 0.6) is 0 Å². The summed E-state index contributed by atoms with van der Waals surface area (Å²) in [5.41, 5.74) is 0.771. The van der Waals surface area contributed by atoms with E-state index in [1.54, 1.807) is 12.1 Å². The summed E-state index contributed by atoms with van der Waals surface area (Å²) in [6, 6.07) is 10.3. The molecule has 0 saturated carbocycles. The van der Waals surface area contributed by atoms with Crippen molar-refractivity contribution < 1.29 is 8.78 Å². The van der Waals surface area contributed by atoms with Crippen LogP contribution in [0.15, 0.2) is 58.3 Å². The molecule has 2 aromatic carbocycles. The van der Waals surface area contributed by atoms with E-state index in [9.17, 15) is 18.4 Å². The quantitative estimate of drug-likeness (QED) is 0.529. The van der Waals surface area contributed by atoms with Crippen molar-refractivity contribution in [1.29, 1.82) is 0 Å². The van der Waals surface area contributed by atoms with Gasteiger partial charge in [-0.2, -0.15) is 4.98 Å². The monoisotopic (exact) mass is 409 g/mol. The van der Waals surface area contributed by atoms with Gasteiger partial charge in [-0.3, -0.25) is 9.78 Å². The maximum Gasteiger partial charge on any atom is 0.334 e. The number of benzene rings is 2. The minimum atomic E-state index is -0.692. The summed E-state index contributed by atoms with van der Waals surface area (Å²) < 4.78 is 27.6. The molecule has 0 radical (unpaired) electrons. The number of aromatic amines is 1. The lowest BCUT2D eigenvalue weighted by Gasteiger charge is -2.09. The van der Waals surface area contributed by atoms with Crippen molar-refractivity contribution in [1.82, 2.24) is 19.5 Å². The Labute approximate surface area is 169 Å². The molecule has 0 unspecified atom stereocenters. The molecule has 0 aliphatic heterocycles. The second kappa shape index (κ2) is 7.86. The van der Waals surface area contributed by atoms with Gasteiger partial charge in [0, 0.05) is 18.8 Å². The standard InChI is InChI=1S/C21H17F2N5O2/c1-2-12-3-5-16(6-4-12)28-19(29)17-11-25-20(26-18(17)27-21(28)30)24-10-13-7-14(22)9-15(23)8-13/h3-9,11H,2,10H2,1H3,(H2,24,25,26,27,30). The Kier molecular flexibility index (Phi) is 5.09. The van der Waals surface area contributed by atoms with Gasteiger partial charge in [0.15, 0.2) is 5.65 Å². The maximum absolute atomic E-state index is 13.3. The van der Waals surface area contributed by atoms with Gasteiger partial charge in [0.2, 0.25) is 5.95 Å². The molecule has 4 aromatic rings. The molecule has 0 aliphatic carbocycles. The van der Waals surface area contributed by atoms with Crippen LogP contribution in [0.4, 0.5) is 14.7 Å². The maximum atomic E-state index is 13.3. The number of aromatic nitrogens is 4. The highest BCUT2D eigenvalue weighted by Gasteiger charge is 2.12. The fourth-order valence-corrected chi connectivity index (χ4v) is 3.10. The Morgan fingerprint density at radius 2 is 1.73 bits per heavy atom. The van der Waals surface area contributed by atoms with Crippen LogP contribution in [0.1, 0.15) is 18.1 Å². The molecule has 0 fully saturated rings. The van der Waals surface area contributed by atoms with Crippen LogP contribution in [0, 0.1) is 11.6 Å². The molecule has 0 spiro atoms. The first-order chi connectivity index (χ1) is 14.4. The number of halogens is 2. The molecule has 0 saturated heterocycles. The molecule has 2 N–H and O–H groups in total. The summed E-state index contributed by atoms with van der Waals surface area (Å²) in [6.07, 6.45) is 2.14. The average Bonchev–Trinajstić information content (AvgIpc) is 2.72. The molecule has 0 atom stereocenters. The predicted molar refractivity (Wildman–Crippen MR) is 109 cm³/mol. The minimum Gasteiger partial charge on any atom is -0.350 e. The van der Waals surface area contributed by atoms with E-state index in [1.807, 2.05) is 19.1 Å². The van der Waals surface area contributed by atoms with E-state index >= 15 is 0 Å². The average molecular weight is 409 g/mol. The summed E-state index contributed by atoms with van der Waals surface area (Å²) in [5, 5.41) is 2.95. The molecule has 0 amide bonds. The fourth-order valence-electron chi connectivity index (χ4n) is 3.10. The number of nitrogens with one attached hydrogen (secondary N) is 2. The molecule has 9 heteroatoms. The van der Waals surface area contributed by atoms with Crippen molar-refractivity contribution in [2.24, 2.45) is 0 Å². The molecule has 30 heavy (non-hydrogen) atoms. The lowest BCUT2D eigenvalue weighted by molar-refractivity contribution is 0.580. The molecule has 152 valence electrons. The highest BCUT2D eigenvalue weighted by atomic mass is 19.1. The van der Waals surface area contributed by atoms with E-state index in [4.69, 9.17) is 0 Å². The normalized spacial score (nSPS) is 11.0. The number of anilines is 1. The van der Waals surface area contributed by atoms with Crippen molar-refractivity contribution >= 4 is 17.0 Å². The van der Waals surface area contributed by atoms with Crippen LogP contribution in [0.2, 0.25) is 0 Å². The SMILES string of the molecule is CCc1ccc(-n2c(=O)[nH]c3nc(NCc4cc(F)cc(F)c4)ncc3c2=O)cc1. The van der Waals surface area contributed by atoms with Gasteiger partial charge in [-0.05, 0) is 41.8 Å². The number of rotatable bonds is 5. The van der Waals surface area contributed by atoms with Crippen LogP contribution in [-0.4, -0.2) is 19.5 Å². The lowest BCUT2D eigenvalue weighted by atomic mass is 10.1. The highest BCUT2D eigenvalue weighted by molar-refractivity contribution is 5.73. The summed E-state index contributed by atoms with van der Waals surface area (Å²) in [6.45, 7) is 2.07. The van der Waals surface area contributed by atoms with Gasteiger partial charge in [0.1, 0.15) is 17.0 Å². The van der Waals surface area contributed by atoms with E-state index < -0.39 is 22.9 Å². The van der Waals surface area contributed by atoms with E-state index in [-0.39, 0.29) is 23.5 Å². The van der Waals surface area contributed by atoms with Gasteiger partial charge in [-0.1, -0.05) is 19.1 Å². The minimum absolute atomic E-state index is 0.0608. The van der Waals surface area contributed by atoms with Crippen LogP contribution >= 0.6 is 0 Å². The molecule has 7 nitrogen and oxygen atoms in total. The van der Waals surface area contributed by atoms with Gasteiger partial charge in [-0.25, -0.2) is 23.1 Å². The Morgan fingerprint density at radius 3 is 2.40 bits per heavy atom. The smallest absolute Gasteiger partial charge is 0.334 e. The van der Waals surface area contributed by atoms with E-state index in [0.717, 1.165) is 22.6 Å². The number of aryl methyl sites for hydroxylation is 1. The van der Waals surface area contributed by atoms with Gasteiger partial charge < -0.3 is 5.32 Å². The Balaban J connectivity index is 1.67. The zero-order valence-corrected chi connectivity index (χ0v) is 15.9. The van der Waals surface area contributed by atoms with Crippen molar-refractivity contribution in [3.63, 3.8) is 0 Å². The molecule has 2 heterocycles. The second-order valence-electron chi connectivity index (χ2n) is 6.68. The highest BCUT2D eigenvalue weighted by Crippen LogP contribution is 2.12. The van der Waals surface area contributed by atoms with Gasteiger partial charge in [0.05, 0.1) is 5.69 Å². The first-order valence-electron chi connectivity index (χ1n) is 9.25. The number of hydrogen-bond acceptors (Lipinski definition) is 5. The zero-order valence-electron chi connectivity index (χ0n) is 15.9. The van der Waals surface area contributed by atoms with Crippen LogP contribution in [0.25, 0.3) is 16.7 Å². The Bertz CT molecular complexity index is 1330. The van der Waals surface area contributed by atoms with Gasteiger partial charge in [0.25, 0.3) is 5.56 Å². The number of nitrogens with zero attached hydrogens (tertiary/aromatic N) is 3. The van der Waals surface area contributed by atoms with Crippen LogP contribution in [-0.2, 0) is 13.0 Å². The first-order valence-corrected chi connectivity index (χ1v) is 9.25. The topological polar surface area (TPSA) is 92.7 Å². The van der Waals surface area contributed by atoms with Gasteiger partial charge in [-0.15, -0.1) is 0 Å². The fraction of sp³-hybridized carbons (Fsp3) is 0.143. The molecule has 4 rings (SSSR count). The number of hydrogen-bond donors (Lipinski definition) is 2. The third-order valence-electron chi connectivity index (χ3n) is 4.63. The summed E-state index contributed by atoms with van der Waals surface area (Å²) in [7, 11) is 0. The largest absolute Gasteiger partial charge is 0.350 e. The van der Waals surface area contributed by atoms with Crippen LogP contribution < -0.4 is 16.6 Å². The molecule has 2 aromatic heterocycles. The lowest BCUT2D eigenvalue weighted by Crippen LogP contribution is -2.34. The van der Waals surface area contributed by atoms with E-state index in [1.165, 1.54) is 18.3 Å². The van der Waals surface area contributed by atoms with Crippen molar-refractivity contribution in [3.05, 3.63) is 92.3 Å². The van der Waals surface area contributed by atoms with E-state index in [0.29, 0.717) is 11.3 Å². The number of H-pyrrole nitrogens is 1. The van der Waals surface area contributed by atoms with Crippen molar-refractivity contribution in [2.75, 3.05) is 5.32 Å². The summed E-state index contributed by atoms with van der Waals surface area (Å²) in [5.74, 6) is -1.28. The predicted octanol–water partition coefficient (Wildman–Crippen LogP) is 2.92. The summed E-state index contributed by atoms with van der Waals surface area (Å²) >= 11 is 0. The first kappa shape index (κ1) is 19.4. The van der Waals surface area contributed by atoms with Crippen molar-refractivity contribution in [2.45, 2.75) is 19.9 Å². The third-order valence-corrected chi connectivity index (χ3v) is 4.63.